The number of amides is 1. The number of nitrogens with zero attached hydrogens (tertiary/aromatic N) is 1. The van der Waals surface area contributed by atoms with Gasteiger partial charge in [-0.15, -0.1) is 0 Å². The minimum atomic E-state index is -0.678. The molecule has 0 saturated carbocycles. The van der Waals surface area contributed by atoms with Crippen LogP contribution < -0.4 is 0 Å². The van der Waals surface area contributed by atoms with Gasteiger partial charge in [-0.05, 0) is 33.1 Å². The van der Waals surface area contributed by atoms with E-state index in [1.807, 2.05) is 19.1 Å². The van der Waals surface area contributed by atoms with Crippen LogP contribution in [0, 0.1) is 5.92 Å². The normalized spacial score (nSPS) is 25.4. The molecule has 0 unspecified atom stereocenters. The van der Waals surface area contributed by atoms with E-state index in [1.54, 1.807) is 20.8 Å². The molecule has 0 aromatic heterocycles. The van der Waals surface area contributed by atoms with Crippen molar-refractivity contribution in [3.05, 3.63) is 12.2 Å². The molecular formula is C11H19NO3. The van der Waals surface area contributed by atoms with Gasteiger partial charge >= 0.3 is 6.09 Å². The molecule has 1 aliphatic rings. The number of carbonyl (C=O) groups is 1. The van der Waals surface area contributed by atoms with E-state index in [1.165, 1.54) is 0 Å². The van der Waals surface area contributed by atoms with E-state index in [-0.39, 0.29) is 12.0 Å². The van der Waals surface area contributed by atoms with Crippen LogP contribution >= 0.6 is 0 Å². The molecule has 0 aromatic rings. The molecule has 2 atom stereocenters. The zero-order chi connectivity index (χ0) is 11.6. The van der Waals surface area contributed by atoms with E-state index in [0.29, 0.717) is 11.5 Å². The highest BCUT2D eigenvalue weighted by atomic mass is 16.6. The summed E-state index contributed by atoms with van der Waals surface area (Å²) in [7, 11) is 0. The molecule has 1 aliphatic carbocycles. The van der Waals surface area contributed by atoms with Gasteiger partial charge in [-0.2, -0.15) is 5.06 Å². The van der Waals surface area contributed by atoms with Crippen LogP contribution in [0.1, 0.15) is 34.1 Å². The minimum absolute atomic E-state index is 0.169. The van der Waals surface area contributed by atoms with Gasteiger partial charge in [0.1, 0.15) is 5.60 Å². The van der Waals surface area contributed by atoms with Crippen LogP contribution in [0.5, 0.6) is 0 Å². The molecule has 15 heavy (non-hydrogen) atoms. The molecule has 86 valence electrons. The number of hydrogen-bond acceptors (Lipinski definition) is 3. The van der Waals surface area contributed by atoms with Crippen molar-refractivity contribution in [1.82, 2.24) is 5.06 Å². The van der Waals surface area contributed by atoms with Gasteiger partial charge in [0, 0.05) is 0 Å². The topological polar surface area (TPSA) is 49.8 Å². The predicted octanol–water partition coefficient (Wildman–Crippen LogP) is 2.58. The Bertz CT molecular complexity index is 267. The molecule has 4 heteroatoms. The zero-order valence-corrected chi connectivity index (χ0v) is 9.73. The van der Waals surface area contributed by atoms with E-state index in [0.717, 1.165) is 0 Å². The molecule has 1 amide bonds. The number of carbonyl (C=O) groups excluding carboxylic acids is 1. The first-order valence-corrected chi connectivity index (χ1v) is 5.19. The van der Waals surface area contributed by atoms with E-state index >= 15 is 0 Å². The summed E-state index contributed by atoms with van der Waals surface area (Å²) in [6, 6.07) is -0.195. The molecule has 0 radical (unpaired) electrons. The number of rotatable bonds is 1. The third-order valence-corrected chi connectivity index (χ3v) is 2.32. The molecule has 0 fully saturated rings. The molecule has 1 rings (SSSR count). The average Bonchev–Trinajstić information content (AvgIpc) is 2.47. The van der Waals surface area contributed by atoms with Crippen molar-refractivity contribution in [3.63, 3.8) is 0 Å². The van der Waals surface area contributed by atoms with E-state index in [2.05, 4.69) is 0 Å². The van der Waals surface area contributed by atoms with E-state index in [9.17, 15) is 10.0 Å². The fourth-order valence-electron chi connectivity index (χ4n) is 1.54. The summed E-state index contributed by atoms with van der Waals surface area (Å²) in [6.07, 6.45) is 3.95. The Morgan fingerprint density at radius 1 is 1.53 bits per heavy atom. The van der Waals surface area contributed by atoms with Gasteiger partial charge in [-0.1, -0.05) is 19.1 Å². The van der Waals surface area contributed by atoms with Crippen LogP contribution in [-0.4, -0.2) is 28.0 Å². The third kappa shape index (κ3) is 3.23. The smallest absolute Gasteiger partial charge is 0.434 e. The first-order valence-electron chi connectivity index (χ1n) is 5.19. The van der Waals surface area contributed by atoms with Crippen LogP contribution in [-0.2, 0) is 4.74 Å². The Hall–Kier alpha value is -1.03. The van der Waals surface area contributed by atoms with Crippen LogP contribution in [0.15, 0.2) is 12.2 Å². The Morgan fingerprint density at radius 2 is 2.13 bits per heavy atom. The summed E-state index contributed by atoms with van der Waals surface area (Å²) >= 11 is 0. The summed E-state index contributed by atoms with van der Waals surface area (Å²) in [5.41, 5.74) is -0.576. The van der Waals surface area contributed by atoms with Crippen LogP contribution in [0.3, 0.4) is 0 Å². The van der Waals surface area contributed by atoms with Crippen molar-refractivity contribution in [1.29, 1.82) is 0 Å². The summed E-state index contributed by atoms with van der Waals surface area (Å²) in [4.78, 5) is 11.5. The van der Waals surface area contributed by atoms with Gasteiger partial charge < -0.3 is 4.74 Å². The summed E-state index contributed by atoms with van der Waals surface area (Å²) < 4.78 is 5.07. The third-order valence-electron chi connectivity index (χ3n) is 2.32. The molecule has 4 nitrogen and oxygen atoms in total. The van der Waals surface area contributed by atoms with Crippen LogP contribution in [0.4, 0.5) is 4.79 Å². The maximum Gasteiger partial charge on any atom is 0.434 e. The van der Waals surface area contributed by atoms with E-state index in [4.69, 9.17) is 4.74 Å². The average molecular weight is 213 g/mol. The highest BCUT2D eigenvalue weighted by Gasteiger charge is 2.31. The van der Waals surface area contributed by atoms with Crippen molar-refractivity contribution in [2.75, 3.05) is 0 Å². The molecule has 1 N–H and O–H groups in total. The fourth-order valence-corrected chi connectivity index (χ4v) is 1.54. The lowest BCUT2D eigenvalue weighted by Gasteiger charge is -2.28. The Kier molecular flexibility index (Phi) is 3.39. The summed E-state index contributed by atoms with van der Waals surface area (Å²) in [5.74, 6) is 0.169. The Balaban J connectivity index is 2.53. The standard InChI is InChI=1S/C11H19NO3/c1-8-6-5-7-9(8)12(14)10(13)15-11(2,3)4/h5-6,8-9,14H,7H2,1-4H3/t8-,9-/m0/s1. The molecule has 0 heterocycles. The first-order chi connectivity index (χ1) is 6.81. The van der Waals surface area contributed by atoms with Crippen molar-refractivity contribution in [2.24, 2.45) is 5.92 Å². The van der Waals surface area contributed by atoms with Crippen LogP contribution in [0.25, 0.3) is 0 Å². The summed E-state index contributed by atoms with van der Waals surface area (Å²) in [6.45, 7) is 7.28. The van der Waals surface area contributed by atoms with Crippen molar-refractivity contribution in [3.8, 4) is 0 Å². The second-order valence-corrected chi connectivity index (χ2v) is 4.92. The molecule has 0 spiro atoms. The Labute approximate surface area is 90.5 Å². The summed E-state index contributed by atoms with van der Waals surface area (Å²) in [5, 5.41) is 10.4. The lowest BCUT2D eigenvalue weighted by Crippen LogP contribution is -2.42. The minimum Gasteiger partial charge on any atom is -0.442 e. The van der Waals surface area contributed by atoms with Gasteiger partial charge in [0.25, 0.3) is 0 Å². The first kappa shape index (κ1) is 12.0. The molecule has 0 saturated heterocycles. The predicted molar refractivity (Wildman–Crippen MR) is 56.6 cm³/mol. The highest BCUT2D eigenvalue weighted by molar-refractivity contribution is 5.67. The number of hydroxylamine groups is 2. The van der Waals surface area contributed by atoms with E-state index < -0.39 is 11.7 Å². The van der Waals surface area contributed by atoms with Crippen molar-refractivity contribution in [2.45, 2.75) is 45.8 Å². The van der Waals surface area contributed by atoms with Crippen molar-refractivity contribution < 1.29 is 14.7 Å². The maximum absolute atomic E-state index is 11.5. The lowest BCUT2D eigenvalue weighted by molar-refractivity contribution is -0.124. The molecule has 0 bridgehead atoms. The SMILES string of the molecule is C[C@H]1C=CC[C@@H]1N(O)C(=O)OC(C)(C)C. The second kappa shape index (κ2) is 4.23. The second-order valence-electron chi connectivity index (χ2n) is 4.92. The van der Waals surface area contributed by atoms with Crippen molar-refractivity contribution >= 4 is 6.09 Å². The van der Waals surface area contributed by atoms with Gasteiger partial charge in [-0.3, -0.25) is 5.21 Å². The largest absolute Gasteiger partial charge is 0.442 e. The fraction of sp³-hybridized carbons (Fsp3) is 0.727. The number of hydrogen-bond donors (Lipinski definition) is 1. The lowest BCUT2D eigenvalue weighted by atomic mass is 10.1. The number of ether oxygens (including phenoxy) is 1. The quantitative estimate of drug-likeness (QED) is 0.414. The van der Waals surface area contributed by atoms with Crippen LogP contribution in [0.2, 0.25) is 0 Å². The molecule has 0 aromatic carbocycles. The maximum atomic E-state index is 11.5. The van der Waals surface area contributed by atoms with Gasteiger partial charge in [-0.25, -0.2) is 4.79 Å². The molecular weight excluding hydrogens is 194 g/mol. The van der Waals surface area contributed by atoms with Gasteiger partial charge in [0.15, 0.2) is 0 Å². The van der Waals surface area contributed by atoms with Gasteiger partial charge in [0.05, 0.1) is 6.04 Å². The molecule has 0 aliphatic heterocycles. The van der Waals surface area contributed by atoms with Gasteiger partial charge in [0.2, 0.25) is 0 Å². The monoisotopic (exact) mass is 213 g/mol. The zero-order valence-electron chi connectivity index (χ0n) is 9.73. The highest BCUT2D eigenvalue weighted by Crippen LogP contribution is 2.23. The Morgan fingerprint density at radius 3 is 2.53 bits per heavy atom.